The molecule has 0 saturated heterocycles. The quantitative estimate of drug-likeness (QED) is 0.901. The van der Waals surface area contributed by atoms with Crippen molar-refractivity contribution in [2.75, 3.05) is 6.79 Å². The Balaban J connectivity index is 0.00000147. The highest BCUT2D eigenvalue weighted by Crippen LogP contribution is 2.40. The van der Waals surface area contributed by atoms with Crippen LogP contribution in [-0.2, 0) is 0 Å². The molecule has 3 N–H and O–H groups in total. The highest BCUT2D eigenvalue weighted by molar-refractivity contribution is 5.85. The fourth-order valence-corrected chi connectivity index (χ4v) is 3.17. The second kappa shape index (κ2) is 6.66. The number of halogens is 1. The van der Waals surface area contributed by atoms with Gasteiger partial charge < -0.3 is 20.3 Å². The van der Waals surface area contributed by atoms with Crippen molar-refractivity contribution < 1.29 is 14.6 Å². The maximum Gasteiger partial charge on any atom is 0.231 e. The number of rotatable bonds is 3. The number of aliphatic hydroxyl groups is 1. The summed E-state index contributed by atoms with van der Waals surface area (Å²) in [5.41, 5.74) is 7.11. The van der Waals surface area contributed by atoms with Crippen molar-refractivity contribution in [3.8, 4) is 11.5 Å². The summed E-state index contributed by atoms with van der Waals surface area (Å²) in [7, 11) is 0. The molecule has 0 bridgehead atoms. The van der Waals surface area contributed by atoms with Crippen molar-refractivity contribution in [1.29, 1.82) is 0 Å². The molecular formula is C15H22ClNO3. The molecule has 1 saturated carbocycles. The van der Waals surface area contributed by atoms with Crippen LogP contribution in [0.1, 0.15) is 43.7 Å². The van der Waals surface area contributed by atoms with Gasteiger partial charge in [-0.2, -0.15) is 0 Å². The van der Waals surface area contributed by atoms with Crippen LogP contribution in [0.5, 0.6) is 11.5 Å². The number of ether oxygens (including phenoxy) is 2. The van der Waals surface area contributed by atoms with Crippen LogP contribution in [-0.4, -0.2) is 18.0 Å². The van der Waals surface area contributed by atoms with E-state index in [4.69, 9.17) is 15.2 Å². The zero-order valence-corrected chi connectivity index (χ0v) is 12.3. The number of para-hydroxylation sites is 1. The van der Waals surface area contributed by atoms with Crippen molar-refractivity contribution in [2.45, 2.75) is 44.2 Å². The molecule has 0 spiro atoms. The number of hydrogen-bond acceptors (Lipinski definition) is 4. The lowest BCUT2D eigenvalue weighted by atomic mass is 9.81. The summed E-state index contributed by atoms with van der Waals surface area (Å²) in [5.74, 6) is 1.73. The van der Waals surface area contributed by atoms with Crippen LogP contribution in [0.4, 0.5) is 0 Å². The predicted octanol–water partition coefficient (Wildman–Crippen LogP) is 2.78. The smallest absolute Gasteiger partial charge is 0.231 e. The maximum atomic E-state index is 10.5. The first kappa shape index (κ1) is 15.4. The summed E-state index contributed by atoms with van der Waals surface area (Å²) in [6.45, 7) is 0.235. The number of hydrogen-bond donors (Lipinski definition) is 2. The minimum atomic E-state index is -0.504. The molecule has 1 fully saturated rings. The molecule has 0 amide bonds. The van der Waals surface area contributed by atoms with Gasteiger partial charge in [0.2, 0.25) is 6.79 Å². The number of aliphatic hydroxyl groups excluding tert-OH is 1. The standard InChI is InChI=1S/C15H21NO3.ClH/c16-13(14(17)10-5-2-1-3-6-10)11-7-4-8-12-15(11)19-9-18-12;/h4,7-8,10,13-14,17H,1-3,5-6,9,16H2;1H/t13-,14+;/m0./s1. The van der Waals surface area contributed by atoms with E-state index in [2.05, 4.69) is 0 Å². The summed E-state index contributed by atoms with van der Waals surface area (Å²) < 4.78 is 10.8. The topological polar surface area (TPSA) is 64.7 Å². The fourth-order valence-electron chi connectivity index (χ4n) is 3.17. The Labute approximate surface area is 125 Å². The van der Waals surface area contributed by atoms with E-state index in [9.17, 15) is 5.11 Å². The van der Waals surface area contributed by atoms with Gasteiger partial charge in [0, 0.05) is 5.56 Å². The molecule has 4 nitrogen and oxygen atoms in total. The van der Waals surface area contributed by atoms with Crippen molar-refractivity contribution in [2.24, 2.45) is 11.7 Å². The Morgan fingerprint density at radius 3 is 2.65 bits per heavy atom. The lowest BCUT2D eigenvalue weighted by Gasteiger charge is -2.30. The van der Waals surface area contributed by atoms with Crippen molar-refractivity contribution >= 4 is 12.4 Å². The predicted molar refractivity (Wildman–Crippen MR) is 79.3 cm³/mol. The molecule has 1 aromatic carbocycles. The minimum Gasteiger partial charge on any atom is -0.454 e. The summed E-state index contributed by atoms with van der Waals surface area (Å²) in [4.78, 5) is 0. The second-order valence-electron chi connectivity index (χ2n) is 5.50. The Morgan fingerprint density at radius 2 is 1.90 bits per heavy atom. The molecule has 5 heteroatoms. The Kier molecular flexibility index (Phi) is 5.13. The summed E-state index contributed by atoms with van der Waals surface area (Å²) in [6.07, 6.45) is 5.30. The average Bonchev–Trinajstić information content (AvgIpc) is 2.95. The van der Waals surface area contributed by atoms with E-state index in [0.29, 0.717) is 11.7 Å². The van der Waals surface area contributed by atoms with E-state index >= 15 is 0 Å². The monoisotopic (exact) mass is 299 g/mol. The Hall–Kier alpha value is -0.970. The average molecular weight is 300 g/mol. The van der Waals surface area contributed by atoms with E-state index in [1.165, 1.54) is 19.3 Å². The van der Waals surface area contributed by atoms with Gasteiger partial charge in [-0.15, -0.1) is 12.4 Å². The van der Waals surface area contributed by atoms with E-state index < -0.39 is 12.1 Å². The van der Waals surface area contributed by atoms with E-state index in [-0.39, 0.29) is 19.2 Å². The molecule has 20 heavy (non-hydrogen) atoms. The largest absolute Gasteiger partial charge is 0.454 e. The lowest BCUT2D eigenvalue weighted by Crippen LogP contribution is -2.34. The third-order valence-corrected chi connectivity index (χ3v) is 4.29. The lowest BCUT2D eigenvalue weighted by molar-refractivity contribution is 0.0608. The van der Waals surface area contributed by atoms with Crippen LogP contribution in [0.25, 0.3) is 0 Å². The van der Waals surface area contributed by atoms with Gasteiger partial charge in [0.15, 0.2) is 11.5 Å². The zero-order valence-electron chi connectivity index (χ0n) is 11.5. The van der Waals surface area contributed by atoms with E-state index in [1.54, 1.807) is 0 Å². The SMILES string of the molecule is Cl.N[C@@H](c1cccc2c1OCO2)[C@H](O)C1CCCCC1. The van der Waals surface area contributed by atoms with Crippen LogP contribution in [0.15, 0.2) is 18.2 Å². The van der Waals surface area contributed by atoms with Gasteiger partial charge >= 0.3 is 0 Å². The maximum absolute atomic E-state index is 10.5. The van der Waals surface area contributed by atoms with Gasteiger partial charge in [-0.05, 0) is 24.8 Å². The fraction of sp³-hybridized carbons (Fsp3) is 0.600. The van der Waals surface area contributed by atoms with Gasteiger partial charge in [-0.1, -0.05) is 31.4 Å². The number of benzene rings is 1. The molecule has 1 aromatic rings. The third-order valence-electron chi connectivity index (χ3n) is 4.29. The Bertz CT molecular complexity index is 449. The number of fused-ring (bicyclic) bond motifs is 1. The van der Waals surface area contributed by atoms with Gasteiger partial charge in [-0.25, -0.2) is 0 Å². The molecule has 2 aliphatic rings. The summed E-state index contributed by atoms with van der Waals surface area (Å²) in [5, 5.41) is 10.5. The van der Waals surface area contributed by atoms with Gasteiger partial charge in [0.25, 0.3) is 0 Å². The van der Waals surface area contributed by atoms with Crippen LogP contribution in [0.3, 0.4) is 0 Å². The summed E-state index contributed by atoms with van der Waals surface area (Å²) >= 11 is 0. The van der Waals surface area contributed by atoms with Crippen LogP contribution in [0, 0.1) is 5.92 Å². The molecule has 1 aliphatic carbocycles. The highest BCUT2D eigenvalue weighted by atomic mass is 35.5. The van der Waals surface area contributed by atoms with Gasteiger partial charge in [-0.3, -0.25) is 0 Å². The summed E-state index contributed by atoms with van der Waals surface area (Å²) in [6, 6.07) is 5.28. The highest BCUT2D eigenvalue weighted by Gasteiger charge is 2.31. The zero-order chi connectivity index (χ0) is 13.2. The molecule has 1 heterocycles. The first-order chi connectivity index (χ1) is 9.27. The van der Waals surface area contributed by atoms with Crippen LogP contribution < -0.4 is 15.2 Å². The minimum absolute atomic E-state index is 0. The molecule has 3 rings (SSSR count). The van der Waals surface area contributed by atoms with Crippen molar-refractivity contribution in [3.05, 3.63) is 23.8 Å². The first-order valence-electron chi connectivity index (χ1n) is 7.09. The van der Waals surface area contributed by atoms with Crippen molar-refractivity contribution in [1.82, 2.24) is 0 Å². The molecule has 2 atom stereocenters. The van der Waals surface area contributed by atoms with Crippen LogP contribution >= 0.6 is 12.4 Å². The molecular weight excluding hydrogens is 278 g/mol. The van der Waals surface area contributed by atoms with Gasteiger partial charge in [0.1, 0.15) is 0 Å². The molecule has 112 valence electrons. The second-order valence-corrected chi connectivity index (χ2v) is 5.50. The molecule has 1 aliphatic heterocycles. The van der Waals surface area contributed by atoms with Gasteiger partial charge in [0.05, 0.1) is 12.1 Å². The molecule has 0 radical (unpaired) electrons. The third kappa shape index (κ3) is 2.87. The number of nitrogens with two attached hydrogens (primary N) is 1. The molecule has 0 aromatic heterocycles. The van der Waals surface area contributed by atoms with E-state index in [0.717, 1.165) is 24.2 Å². The van der Waals surface area contributed by atoms with Crippen molar-refractivity contribution in [3.63, 3.8) is 0 Å². The van der Waals surface area contributed by atoms with Crippen LogP contribution in [0.2, 0.25) is 0 Å². The molecule has 0 unspecified atom stereocenters. The Morgan fingerprint density at radius 1 is 1.15 bits per heavy atom. The normalized spacial score (nSPS) is 21.1. The van der Waals surface area contributed by atoms with E-state index in [1.807, 2.05) is 18.2 Å². The first-order valence-corrected chi connectivity index (χ1v) is 7.09.